The summed E-state index contributed by atoms with van der Waals surface area (Å²) >= 11 is 0. The summed E-state index contributed by atoms with van der Waals surface area (Å²) in [5, 5.41) is 10.8. The molecule has 4 heterocycles. The molecule has 0 bridgehead atoms. The maximum atomic E-state index is 5.89. The number of hydrogen-bond acceptors (Lipinski definition) is 9. The number of fused-ring (bicyclic) bond motifs is 1. The van der Waals surface area contributed by atoms with Crippen molar-refractivity contribution in [3.8, 4) is 11.4 Å². The number of anilines is 2. The van der Waals surface area contributed by atoms with Gasteiger partial charge in [-0.05, 0) is 32.0 Å². The SMILES string of the molecule is CC(Nc1nc(N)nc2c1CCNCC2)c1nc(-c2ccncc2)no1. The van der Waals surface area contributed by atoms with Gasteiger partial charge in [0.05, 0.1) is 5.69 Å². The predicted octanol–water partition coefficient (Wildman–Crippen LogP) is 1.37. The third-order valence-corrected chi connectivity index (χ3v) is 4.30. The predicted molar refractivity (Wildman–Crippen MR) is 96.3 cm³/mol. The molecule has 0 saturated heterocycles. The minimum absolute atomic E-state index is 0.215. The van der Waals surface area contributed by atoms with E-state index in [0.29, 0.717) is 11.7 Å². The van der Waals surface area contributed by atoms with Crippen LogP contribution in [0.2, 0.25) is 0 Å². The molecular formula is C17H20N8O. The Morgan fingerprint density at radius 2 is 1.96 bits per heavy atom. The maximum Gasteiger partial charge on any atom is 0.249 e. The molecule has 4 rings (SSSR count). The highest BCUT2D eigenvalue weighted by molar-refractivity contribution is 5.54. The molecule has 1 aliphatic rings. The van der Waals surface area contributed by atoms with Crippen LogP contribution in [0.5, 0.6) is 0 Å². The van der Waals surface area contributed by atoms with Crippen LogP contribution in [-0.4, -0.2) is 38.2 Å². The van der Waals surface area contributed by atoms with E-state index in [0.717, 1.165) is 48.6 Å². The van der Waals surface area contributed by atoms with E-state index in [1.807, 2.05) is 19.1 Å². The summed E-state index contributed by atoms with van der Waals surface area (Å²) in [6, 6.07) is 3.46. The molecule has 9 nitrogen and oxygen atoms in total. The summed E-state index contributed by atoms with van der Waals surface area (Å²) in [5.74, 6) is 2.01. The van der Waals surface area contributed by atoms with E-state index in [4.69, 9.17) is 10.3 Å². The Morgan fingerprint density at radius 3 is 2.81 bits per heavy atom. The van der Waals surface area contributed by atoms with Gasteiger partial charge in [-0.2, -0.15) is 9.97 Å². The molecule has 0 aliphatic carbocycles. The fourth-order valence-corrected chi connectivity index (χ4v) is 2.98. The Morgan fingerprint density at radius 1 is 1.15 bits per heavy atom. The van der Waals surface area contributed by atoms with E-state index in [1.54, 1.807) is 12.4 Å². The first-order chi connectivity index (χ1) is 12.7. The molecule has 26 heavy (non-hydrogen) atoms. The van der Waals surface area contributed by atoms with Crippen LogP contribution in [0.15, 0.2) is 29.0 Å². The van der Waals surface area contributed by atoms with Crippen LogP contribution in [0.3, 0.4) is 0 Å². The number of rotatable bonds is 4. The van der Waals surface area contributed by atoms with E-state index in [-0.39, 0.29) is 12.0 Å². The molecule has 3 aromatic heterocycles. The maximum absolute atomic E-state index is 5.89. The number of hydrogen-bond donors (Lipinski definition) is 3. The largest absolute Gasteiger partial charge is 0.368 e. The van der Waals surface area contributed by atoms with Gasteiger partial charge in [-0.25, -0.2) is 4.98 Å². The van der Waals surface area contributed by atoms with Crippen LogP contribution in [0.25, 0.3) is 11.4 Å². The van der Waals surface area contributed by atoms with Crippen LogP contribution in [-0.2, 0) is 12.8 Å². The van der Waals surface area contributed by atoms with E-state index in [2.05, 4.69) is 35.7 Å². The third kappa shape index (κ3) is 3.33. The minimum Gasteiger partial charge on any atom is -0.368 e. The van der Waals surface area contributed by atoms with E-state index >= 15 is 0 Å². The Labute approximate surface area is 150 Å². The molecule has 0 aromatic carbocycles. The van der Waals surface area contributed by atoms with E-state index < -0.39 is 0 Å². The summed E-state index contributed by atoms with van der Waals surface area (Å²) in [6.07, 6.45) is 5.06. The molecule has 134 valence electrons. The van der Waals surface area contributed by atoms with Crippen LogP contribution in [0, 0.1) is 0 Å². The highest BCUT2D eigenvalue weighted by Crippen LogP contribution is 2.25. The molecule has 0 amide bonds. The lowest BCUT2D eigenvalue weighted by Crippen LogP contribution is -2.16. The Balaban J connectivity index is 1.58. The number of pyridine rings is 1. The highest BCUT2D eigenvalue weighted by Gasteiger charge is 2.20. The molecule has 9 heteroatoms. The quantitative estimate of drug-likeness (QED) is 0.637. The first-order valence-electron chi connectivity index (χ1n) is 8.57. The molecule has 0 radical (unpaired) electrons. The standard InChI is InChI=1S/C17H20N8O/c1-10(16-23-14(25-26-16)11-2-6-19-7-3-11)21-15-12-4-8-20-9-5-13(12)22-17(18)24-15/h2-3,6-7,10,20H,4-5,8-9H2,1H3,(H3,18,21,22,24). The van der Waals surface area contributed by atoms with Crippen molar-refractivity contribution in [3.63, 3.8) is 0 Å². The molecule has 1 aliphatic heterocycles. The Bertz CT molecular complexity index is 895. The molecule has 0 fully saturated rings. The molecule has 4 N–H and O–H groups in total. The minimum atomic E-state index is -0.215. The van der Waals surface area contributed by atoms with Crippen molar-refractivity contribution in [2.45, 2.75) is 25.8 Å². The lowest BCUT2D eigenvalue weighted by molar-refractivity contribution is 0.367. The van der Waals surface area contributed by atoms with Crippen molar-refractivity contribution in [2.75, 3.05) is 24.1 Å². The van der Waals surface area contributed by atoms with Crippen molar-refractivity contribution in [1.29, 1.82) is 0 Å². The topological polar surface area (TPSA) is 128 Å². The van der Waals surface area contributed by atoms with Crippen molar-refractivity contribution >= 4 is 11.8 Å². The number of nitrogens with one attached hydrogen (secondary N) is 2. The molecule has 3 aromatic rings. The molecule has 1 unspecified atom stereocenters. The van der Waals surface area contributed by atoms with Crippen LogP contribution >= 0.6 is 0 Å². The van der Waals surface area contributed by atoms with Gasteiger partial charge in [-0.15, -0.1) is 0 Å². The van der Waals surface area contributed by atoms with Gasteiger partial charge in [0.15, 0.2) is 0 Å². The summed E-state index contributed by atoms with van der Waals surface area (Å²) in [4.78, 5) is 17.2. The van der Waals surface area contributed by atoms with Crippen LogP contribution in [0.4, 0.5) is 11.8 Å². The van der Waals surface area contributed by atoms with Crippen molar-refractivity contribution in [1.82, 2.24) is 30.4 Å². The first-order valence-corrected chi connectivity index (χ1v) is 8.57. The fraction of sp³-hybridized carbons (Fsp3) is 0.353. The van der Waals surface area contributed by atoms with Gasteiger partial charge >= 0.3 is 0 Å². The summed E-state index contributed by atoms with van der Waals surface area (Å²) in [5.41, 5.74) is 8.82. The van der Waals surface area contributed by atoms with Gasteiger partial charge in [0.25, 0.3) is 0 Å². The zero-order chi connectivity index (χ0) is 17.9. The second-order valence-corrected chi connectivity index (χ2v) is 6.16. The monoisotopic (exact) mass is 352 g/mol. The number of nitrogen functional groups attached to an aromatic ring is 1. The highest BCUT2D eigenvalue weighted by atomic mass is 16.5. The van der Waals surface area contributed by atoms with Crippen LogP contribution < -0.4 is 16.4 Å². The van der Waals surface area contributed by atoms with Gasteiger partial charge in [-0.1, -0.05) is 5.16 Å². The van der Waals surface area contributed by atoms with Gasteiger partial charge in [0.2, 0.25) is 17.7 Å². The van der Waals surface area contributed by atoms with Gasteiger partial charge in [-0.3, -0.25) is 4.98 Å². The first kappa shape index (κ1) is 16.4. The van der Waals surface area contributed by atoms with Crippen molar-refractivity contribution in [2.24, 2.45) is 0 Å². The van der Waals surface area contributed by atoms with Crippen molar-refractivity contribution < 1.29 is 4.52 Å². The van der Waals surface area contributed by atoms with Gasteiger partial charge in [0.1, 0.15) is 11.9 Å². The normalized spacial score (nSPS) is 15.1. The Hall–Kier alpha value is -3.07. The summed E-state index contributed by atoms with van der Waals surface area (Å²) < 4.78 is 5.42. The second kappa shape index (κ2) is 7.04. The fourth-order valence-electron chi connectivity index (χ4n) is 2.98. The average molecular weight is 352 g/mol. The summed E-state index contributed by atoms with van der Waals surface area (Å²) in [7, 11) is 0. The summed E-state index contributed by atoms with van der Waals surface area (Å²) in [6.45, 7) is 3.72. The Kier molecular flexibility index (Phi) is 4.44. The molecule has 0 saturated carbocycles. The van der Waals surface area contributed by atoms with Crippen LogP contribution in [0.1, 0.15) is 30.1 Å². The van der Waals surface area contributed by atoms with E-state index in [9.17, 15) is 0 Å². The lowest BCUT2D eigenvalue weighted by atomic mass is 10.1. The average Bonchev–Trinajstić information content (AvgIpc) is 3.03. The van der Waals surface area contributed by atoms with Gasteiger partial charge in [0, 0.05) is 36.5 Å². The molecule has 0 spiro atoms. The van der Waals surface area contributed by atoms with Crippen molar-refractivity contribution in [3.05, 3.63) is 41.7 Å². The zero-order valence-electron chi connectivity index (χ0n) is 14.4. The van der Waals surface area contributed by atoms with E-state index in [1.165, 1.54) is 0 Å². The molecular weight excluding hydrogens is 332 g/mol. The van der Waals surface area contributed by atoms with Gasteiger partial charge < -0.3 is 20.9 Å². The number of aromatic nitrogens is 5. The number of nitrogens with two attached hydrogens (primary N) is 1. The lowest BCUT2D eigenvalue weighted by Gasteiger charge is -2.16. The smallest absolute Gasteiger partial charge is 0.249 e. The molecule has 1 atom stereocenters. The zero-order valence-corrected chi connectivity index (χ0v) is 14.4. The number of nitrogens with zero attached hydrogens (tertiary/aromatic N) is 5. The third-order valence-electron chi connectivity index (χ3n) is 4.30. The second-order valence-electron chi connectivity index (χ2n) is 6.16.